The number of hydrogen-bond donors (Lipinski definition) is 3. The van der Waals surface area contributed by atoms with Crippen molar-refractivity contribution in [3.63, 3.8) is 0 Å². The van der Waals surface area contributed by atoms with Gasteiger partial charge < -0.3 is 34.3 Å². The van der Waals surface area contributed by atoms with E-state index >= 15 is 0 Å². The largest absolute Gasteiger partial charge is 0.459 e. The summed E-state index contributed by atoms with van der Waals surface area (Å²) < 4.78 is 22.6. The van der Waals surface area contributed by atoms with Gasteiger partial charge >= 0.3 is 17.9 Å². The summed E-state index contributed by atoms with van der Waals surface area (Å²) >= 11 is 0. The highest BCUT2D eigenvalue weighted by Gasteiger charge is 3.02. The SMILES string of the molecule is C[C@@H]1C(=O)O[C@H]2CC34[C@@H]5OC(=O)[C@]3(O[C@@H]3OC(=O)C(O)[C@@]34[C@H](C(C)(C)C)[C@H]5O)[C@]21O. The van der Waals surface area contributed by atoms with Crippen molar-refractivity contribution in [1.29, 1.82) is 0 Å². The van der Waals surface area contributed by atoms with Gasteiger partial charge in [-0.2, -0.15) is 0 Å². The molecule has 2 unspecified atom stereocenters. The topological polar surface area (TPSA) is 149 Å². The molecule has 6 fully saturated rings. The Bertz CT molecular complexity index is 925. The van der Waals surface area contributed by atoms with Gasteiger partial charge in [0.1, 0.15) is 12.2 Å². The average Bonchev–Trinajstić information content (AvgIpc) is 3.32. The third-order valence-electron chi connectivity index (χ3n) is 8.91. The zero-order valence-electron chi connectivity index (χ0n) is 16.9. The quantitative estimate of drug-likeness (QED) is 0.314. The first-order valence-corrected chi connectivity index (χ1v) is 10.2. The molecule has 0 aromatic rings. The monoisotopic (exact) mass is 424 g/mol. The Balaban J connectivity index is 1.71. The van der Waals surface area contributed by atoms with Gasteiger partial charge in [0.15, 0.2) is 11.7 Å². The molecule has 4 saturated heterocycles. The van der Waals surface area contributed by atoms with Crippen molar-refractivity contribution in [1.82, 2.24) is 0 Å². The molecule has 11 atom stereocenters. The van der Waals surface area contributed by atoms with Gasteiger partial charge in [-0.25, -0.2) is 9.59 Å². The number of esters is 3. The summed E-state index contributed by atoms with van der Waals surface area (Å²) in [4.78, 5) is 38.2. The molecule has 4 aliphatic heterocycles. The normalized spacial score (nSPS) is 60.1. The van der Waals surface area contributed by atoms with Crippen LogP contribution in [0.4, 0.5) is 0 Å². The van der Waals surface area contributed by atoms with Crippen LogP contribution in [0, 0.1) is 28.1 Å². The first kappa shape index (κ1) is 19.0. The molecule has 0 bridgehead atoms. The number of hydrogen-bond acceptors (Lipinski definition) is 10. The van der Waals surface area contributed by atoms with Crippen LogP contribution in [-0.2, 0) is 33.3 Å². The van der Waals surface area contributed by atoms with Gasteiger partial charge in [0.25, 0.3) is 0 Å². The van der Waals surface area contributed by atoms with Crippen molar-refractivity contribution < 1.29 is 48.7 Å². The first-order valence-electron chi connectivity index (χ1n) is 10.2. The second-order valence-electron chi connectivity index (χ2n) is 10.7. The van der Waals surface area contributed by atoms with Crippen molar-refractivity contribution in [2.24, 2.45) is 28.1 Å². The van der Waals surface area contributed by atoms with Crippen LogP contribution in [-0.4, -0.2) is 75.1 Å². The number of ether oxygens (including phenoxy) is 4. The first-order chi connectivity index (χ1) is 13.8. The number of aliphatic hydroxyl groups excluding tert-OH is 2. The Morgan fingerprint density at radius 3 is 2.33 bits per heavy atom. The lowest BCUT2D eigenvalue weighted by atomic mass is 9.51. The molecule has 0 aromatic carbocycles. The van der Waals surface area contributed by atoms with Gasteiger partial charge in [0.2, 0.25) is 11.9 Å². The molecule has 2 spiro atoms. The second-order valence-corrected chi connectivity index (χ2v) is 10.7. The van der Waals surface area contributed by atoms with E-state index in [1.165, 1.54) is 6.92 Å². The van der Waals surface area contributed by atoms with Gasteiger partial charge in [-0.15, -0.1) is 0 Å². The van der Waals surface area contributed by atoms with Crippen LogP contribution in [0.15, 0.2) is 0 Å². The van der Waals surface area contributed by atoms with E-state index in [0.29, 0.717) is 0 Å². The van der Waals surface area contributed by atoms with E-state index in [1.54, 1.807) is 0 Å². The minimum atomic E-state index is -2.12. The number of carbonyl (C=O) groups excluding carboxylic acids is 3. The zero-order chi connectivity index (χ0) is 21.8. The van der Waals surface area contributed by atoms with Crippen molar-refractivity contribution in [2.75, 3.05) is 0 Å². The maximum Gasteiger partial charge on any atom is 0.342 e. The van der Waals surface area contributed by atoms with Gasteiger partial charge in [-0.1, -0.05) is 20.8 Å². The standard InChI is InChI=1S/C20H24O10/c1-6-12(23)27-7-5-17-11-8(21)9(16(2,3)4)18(17)10(22)13(24)29-15(18)30-20(17,14(25)28-11)19(6,7)26/h6-11,15,21-22,26H,5H2,1-4H3/t6-,7+,8-,9+,10?,11-,15+,17?,18+,19-,20-/m1/s1. The molecule has 0 aromatic heterocycles. The molecule has 10 heteroatoms. The molecule has 2 saturated carbocycles. The Labute approximate surface area is 171 Å². The summed E-state index contributed by atoms with van der Waals surface area (Å²) in [6.45, 7) is 6.97. The number of rotatable bonds is 0. The summed E-state index contributed by atoms with van der Waals surface area (Å²) in [6, 6.07) is 0. The third-order valence-corrected chi connectivity index (χ3v) is 8.91. The molecule has 6 aliphatic rings. The minimum absolute atomic E-state index is 0.107. The average molecular weight is 424 g/mol. The fourth-order valence-corrected chi connectivity index (χ4v) is 8.22. The van der Waals surface area contributed by atoms with E-state index in [2.05, 4.69) is 0 Å². The van der Waals surface area contributed by atoms with Crippen molar-refractivity contribution >= 4 is 17.9 Å². The fraction of sp³-hybridized carbons (Fsp3) is 0.850. The highest BCUT2D eigenvalue weighted by atomic mass is 16.8. The van der Waals surface area contributed by atoms with Gasteiger partial charge in [-0.3, -0.25) is 4.79 Å². The smallest absolute Gasteiger partial charge is 0.342 e. The van der Waals surface area contributed by atoms with E-state index in [9.17, 15) is 29.7 Å². The van der Waals surface area contributed by atoms with E-state index in [-0.39, 0.29) is 6.42 Å². The summed E-state index contributed by atoms with van der Waals surface area (Å²) in [6.07, 6.45) is -6.73. The summed E-state index contributed by atoms with van der Waals surface area (Å²) in [5.74, 6) is -4.43. The van der Waals surface area contributed by atoms with E-state index in [0.717, 1.165) is 0 Å². The van der Waals surface area contributed by atoms with E-state index in [1.807, 2.05) is 20.8 Å². The molecular formula is C20H24O10. The molecule has 3 N–H and O–H groups in total. The van der Waals surface area contributed by atoms with Crippen molar-refractivity contribution in [2.45, 2.75) is 76.0 Å². The lowest BCUT2D eigenvalue weighted by Gasteiger charge is -2.46. The molecular weight excluding hydrogens is 400 g/mol. The summed E-state index contributed by atoms with van der Waals surface area (Å²) in [5.41, 5.74) is -7.95. The maximum absolute atomic E-state index is 13.4. The molecule has 164 valence electrons. The van der Waals surface area contributed by atoms with E-state index in [4.69, 9.17) is 18.9 Å². The number of fused-ring (bicyclic) bond motifs is 1. The van der Waals surface area contributed by atoms with Crippen LogP contribution < -0.4 is 0 Å². The van der Waals surface area contributed by atoms with Crippen LogP contribution in [0.25, 0.3) is 0 Å². The lowest BCUT2D eigenvalue weighted by Crippen LogP contribution is -2.66. The summed E-state index contributed by atoms with van der Waals surface area (Å²) in [5, 5.41) is 34.4. The van der Waals surface area contributed by atoms with Gasteiger partial charge in [-0.05, 0) is 12.3 Å². The maximum atomic E-state index is 13.4. The van der Waals surface area contributed by atoms with Crippen molar-refractivity contribution in [3.8, 4) is 0 Å². The highest BCUT2D eigenvalue weighted by molar-refractivity contribution is 5.93. The Morgan fingerprint density at radius 2 is 1.70 bits per heavy atom. The fourth-order valence-electron chi connectivity index (χ4n) is 8.22. The molecule has 0 amide bonds. The Morgan fingerprint density at radius 1 is 1.03 bits per heavy atom. The van der Waals surface area contributed by atoms with E-state index < -0.39 is 87.9 Å². The third kappa shape index (κ3) is 1.35. The van der Waals surface area contributed by atoms with Crippen molar-refractivity contribution in [3.05, 3.63) is 0 Å². The zero-order valence-corrected chi connectivity index (χ0v) is 16.9. The number of carbonyl (C=O) groups is 3. The molecule has 6 rings (SSSR count). The molecule has 4 heterocycles. The molecule has 30 heavy (non-hydrogen) atoms. The van der Waals surface area contributed by atoms with Gasteiger partial charge in [0, 0.05) is 12.3 Å². The van der Waals surface area contributed by atoms with Crippen LogP contribution in [0.2, 0.25) is 0 Å². The molecule has 10 nitrogen and oxygen atoms in total. The Kier molecular flexibility index (Phi) is 2.97. The number of aliphatic hydroxyl groups is 3. The Hall–Kier alpha value is -1.75. The predicted octanol–water partition coefficient (Wildman–Crippen LogP) is -1.37. The summed E-state index contributed by atoms with van der Waals surface area (Å²) in [7, 11) is 0. The lowest BCUT2D eigenvalue weighted by molar-refractivity contribution is -0.239. The highest BCUT2D eigenvalue weighted by Crippen LogP contribution is 2.84. The van der Waals surface area contributed by atoms with Crippen LogP contribution in [0.3, 0.4) is 0 Å². The van der Waals surface area contributed by atoms with Gasteiger partial charge in [0.05, 0.1) is 22.9 Å². The van der Waals surface area contributed by atoms with Crippen LogP contribution in [0.5, 0.6) is 0 Å². The van der Waals surface area contributed by atoms with Crippen LogP contribution in [0.1, 0.15) is 34.1 Å². The molecule has 0 radical (unpaired) electrons. The predicted molar refractivity (Wildman–Crippen MR) is 92.0 cm³/mol. The minimum Gasteiger partial charge on any atom is -0.459 e. The van der Waals surface area contributed by atoms with Crippen LogP contribution >= 0.6 is 0 Å². The molecule has 2 aliphatic carbocycles. The second kappa shape index (κ2) is 4.69.